The molecule has 0 aliphatic heterocycles. The highest BCUT2D eigenvalue weighted by Crippen LogP contribution is 2.29. The van der Waals surface area contributed by atoms with Crippen LogP contribution in [0.25, 0.3) is 10.6 Å². The van der Waals surface area contributed by atoms with Gasteiger partial charge in [-0.2, -0.15) is 0 Å². The van der Waals surface area contributed by atoms with Gasteiger partial charge in [-0.05, 0) is 54.0 Å². The number of nitrogens with two attached hydrogens (primary N) is 1. The van der Waals surface area contributed by atoms with Gasteiger partial charge in [-0.1, -0.05) is 0 Å². The van der Waals surface area contributed by atoms with Crippen molar-refractivity contribution in [2.24, 2.45) is 5.73 Å². The Morgan fingerprint density at radius 1 is 1.28 bits per heavy atom. The van der Waals surface area contributed by atoms with E-state index in [4.69, 9.17) is 5.73 Å². The molecule has 0 fully saturated rings. The number of thiophene rings is 1. The number of hydrogen-bond donors (Lipinski definition) is 2. The zero-order chi connectivity index (χ0) is 13.2. The fraction of sp³-hybridized carbons (Fsp3) is 0.333. The van der Waals surface area contributed by atoms with Crippen molar-refractivity contribution in [3.63, 3.8) is 0 Å². The molecule has 0 spiro atoms. The Kier molecular flexibility index (Phi) is 3.99. The minimum Gasteiger partial charge on any atom is -0.362 e. The number of hydrogen-bond acceptors (Lipinski definition) is 5. The predicted octanol–water partition coefficient (Wildman–Crippen LogP) is 3.12. The SMILES string of the molecule is CC(C)(CN)Nc1ccc(-c2ccc(Br)s2)nn1. The van der Waals surface area contributed by atoms with Crippen LogP contribution in [0.4, 0.5) is 5.82 Å². The average Bonchev–Trinajstić information content (AvgIpc) is 2.76. The summed E-state index contributed by atoms with van der Waals surface area (Å²) in [6.45, 7) is 4.59. The van der Waals surface area contributed by atoms with Crippen molar-refractivity contribution >= 4 is 33.1 Å². The molecule has 2 aromatic rings. The molecule has 4 nitrogen and oxygen atoms in total. The summed E-state index contributed by atoms with van der Waals surface area (Å²) in [6, 6.07) is 7.91. The lowest BCUT2D eigenvalue weighted by atomic mass is 10.1. The van der Waals surface area contributed by atoms with E-state index in [2.05, 4.69) is 31.4 Å². The van der Waals surface area contributed by atoms with E-state index >= 15 is 0 Å². The second-order valence-corrected chi connectivity index (χ2v) is 7.08. The molecule has 96 valence electrons. The van der Waals surface area contributed by atoms with Gasteiger partial charge in [-0.15, -0.1) is 21.5 Å². The normalized spacial score (nSPS) is 11.6. The van der Waals surface area contributed by atoms with E-state index in [1.165, 1.54) is 0 Å². The highest BCUT2D eigenvalue weighted by Gasteiger charge is 2.15. The van der Waals surface area contributed by atoms with Gasteiger partial charge >= 0.3 is 0 Å². The van der Waals surface area contributed by atoms with E-state index in [0.717, 1.165) is 20.2 Å². The zero-order valence-corrected chi connectivity index (χ0v) is 12.7. The Bertz CT molecular complexity index is 521. The van der Waals surface area contributed by atoms with Gasteiger partial charge in [0.2, 0.25) is 0 Å². The summed E-state index contributed by atoms with van der Waals surface area (Å²) in [7, 11) is 0. The van der Waals surface area contributed by atoms with E-state index in [-0.39, 0.29) is 5.54 Å². The van der Waals surface area contributed by atoms with E-state index in [1.54, 1.807) is 11.3 Å². The molecule has 18 heavy (non-hydrogen) atoms. The average molecular weight is 327 g/mol. The third kappa shape index (κ3) is 3.28. The van der Waals surface area contributed by atoms with Crippen LogP contribution in [0.3, 0.4) is 0 Å². The number of nitrogens with one attached hydrogen (secondary N) is 1. The molecular weight excluding hydrogens is 312 g/mol. The van der Waals surface area contributed by atoms with Crippen LogP contribution in [0.5, 0.6) is 0 Å². The minimum atomic E-state index is -0.178. The Balaban J connectivity index is 2.15. The molecule has 0 amide bonds. The molecule has 0 unspecified atom stereocenters. The molecule has 2 rings (SSSR count). The molecule has 6 heteroatoms. The highest BCUT2D eigenvalue weighted by molar-refractivity contribution is 9.11. The van der Waals surface area contributed by atoms with E-state index in [9.17, 15) is 0 Å². The fourth-order valence-electron chi connectivity index (χ4n) is 1.38. The Morgan fingerprint density at radius 2 is 2.06 bits per heavy atom. The third-order valence-corrected chi connectivity index (χ3v) is 4.11. The highest BCUT2D eigenvalue weighted by atomic mass is 79.9. The van der Waals surface area contributed by atoms with Gasteiger partial charge in [0, 0.05) is 12.1 Å². The van der Waals surface area contributed by atoms with E-state index in [0.29, 0.717) is 6.54 Å². The van der Waals surface area contributed by atoms with Crippen molar-refractivity contribution < 1.29 is 0 Å². The third-order valence-electron chi connectivity index (χ3n) is 2.47. The second-order valence-electron chi connectivity index (χ2n) is 4.62. The van der Waals surface area contributed by atoms with Crippen molar-refractivity contribution in [1.29, 1.82) is 0 Å². The van der Waals surface area contributed by atoms with Crippen molar-refractivity contribution in [2.45, 2.75) is 19.4 Å². The molecule has 2 aromatic heterocycles. The molecule has 0 bridgehead atoms. The molecule has 0 aliphatic carbocycles. The summed E-state index contributed by atoms with van der Waals surface area (Å²) < 4.78 is 1.09. The maximum Gasteiger partial charge on any atom is 0.149 e. The zero-order valence-electron chi connectivity index (χ0n) is 10.3. The molecule has 0 saturated carbocycles. The molecular formula is C12H15BrN4S. The van der Waals surface area contributed by atoms with E-state index < -0.39 is 0 Å². The number of rotatable bonds is 4. The maximum atomic E-state index is 5.66. The summed E-state index contributed by atoms with van der Waals surface area (Å²) in [4.78, 5) is 1.10. The first-order valence-corrected chi connectivity index (χ1v) is 7.19. The topological polar surface area (TPSA) is 63.8 Å². The molecule has 0 saturated heterocycles. The maximum absolute atomic E-state index is 5.66. The van der Waals surface area contributed by atoms with Crippen LogP contribution >= 0.6 is 27.3 Å². The molecule has 2 heterocycles. The molecule has 3 N–H and O–H groups in total. The lowest BCUT2D eigenvalue weighted by Crippen LogP contribution is -2.39. The number of halogens is 1. The summed E-state index contributed by atoms with van der Waals surface area (Å²) in [5.41, 5.74) is 6.36. The van der Waals surface area contributed by atoms with Crippen LogP contribution in [0.15, 0.2) is 28.1 Å². The van der Waals surface area contributed by atoms with Gasteiger partial charge in [0.25, 0.3) is 0 Å². The van der Waals surface area contributed by atoms with Crippen molar-refractivity contribution in [3.05, 3.63) is 28.1 Å². The summed E-state index contributed by atoms with van der Waals surface area (Å²) >= 11 is 5.08. The van der Waals surface area contributed by atoms with Crippen LogP contribution in [-0.2, 0) is 0 Å². The van der Waals surface area contributed by atoms with Crippen LogP contribution in [0, 0.1) is 0 Å². The molecule has 0 radical (unpaired) electrons. The minimum absolute atomic E-state index is 0.178. The van der Waals surface area contributed by atoms with Gasteiger partial charge < -0.3 is 11.1 Å². The lowest BCUT2D eigenvalue weighted by molar-refractivity contribution is 0.576. The number of anilines is 1. The first-order valence-electron chi connectivity index (χ1n) is 5.58. The van der Waals surface area contributed by atoms with Gasteiger partial charge in [0.15, 0.2) is 0 Å². The largest absolute Gasteiger partial charge is 0.362 e. The summed E-state index contributed by atoms with van der Waals surface area (Å²) in [5.74, 6) is 0.741. The Morgan fingerprint density at radius 3 is 2.56 bits per heavy atom. The summed E-state index contributed by atoms with van der Waals surface area (Å²) in [5, 5.41) is 11.6. The van der Waals surface area contributed by atoms with Crippen LogP contribution < -0.4 is 11.1 Å². The van der Waals surface area contributed by atoms with Crippen LogP contribution in [0.1, 0.15) is 13.8 Å². The van der Waals surface area contributed by atoms with Gasteiger partial charge in [-0.25, -0.2) is 0 Å². The van der Waals surface area contributed by atoms with E-state index in [1.807, 2.05) is 38.1 Å². The lowest BCUT2D eigenvalue weighted by Gasteiger charge is -2.24. The molecule has 0 atom stereocenters. The standard InChI is InChI=1S/C12H15BrN4S/c1-12(2,7-14)15-11-6-3-8(16-17-11)9-4-5-10(13)18-9/h3-6H,7,14H2,1-2H3,(H,15,17). The number of aromatic nitrogens is 2. The quantitative estimate of drug-likeness (QED) is 0.906. The first-order chi connectivity index (χ1) is 8.50. The monoisotopic (exact) mass is 326 g/mol. The number of nitrogens with zero attached hydrogens (tertiary/aromatic N) is 2. The van der Waals surface area contributed by atoms with Crippen molar-refractivity contribution in [1.82, 2.24) is 10.2 Å². The van der Waals surface area contributed by atoms with Gasteiger partial charge in [-0.3, -0.25) is 0 Å². The van der Waals surface area contributed by atoms with Crippen LogP contribution in [0.2, 0.25) is 0 Å². The fourth-order valence-corrected chi connectivity index (χ4v) is 2.73. The van der Waals surface area contributed by atoms with Crippen LogP contribution in [-0.4, -0.2) is 22.3 Å². The van der Waals surface area contributed by atoms with Crippen molar-refractivity contribution in [3.8, 4) is 10.6 Å². The molecule has 0 aromatic carbocycles. The second kappa shape index (κ2) is 5.34. The summed E-state index contributed by atoms with van der Waals surface area (Å²) in [6.07, 6.45) is 0. The molecule has 0 aliphatic rings. The smallest absolute Gasteiger partial charge is 0.149 e. The predicted molar refractivity (Wildman–Crippen MR) is 79.8 cm³/mol. The Hall–Kier alpha value is -0.980. The van der Waals surface area contributed by atoms with Gasteiger partial charge in [0.1, 0.15) is 11.5 Å². The van der Waals surface area contributed by atoms with Crippen molar-refractivity contribution in [2.75, 3.05) is 11.9 Å². The van der Waals surface area contributed by atoms with Gasteiger partial charge in [0.05, 0.1) is 8.66 Å². The Labute approximate surface area is 119 Å². The first kappa shape index (κ1) is 13.5.